The van der Waals surface area contributed by atoms with Crippen LogP contribution in [-0.4, -0.2) is 12.6 Å². The molecule has 2 nitrogen and oxygen atoms in total. The van der Waals surface area contributed by atoms with Crippen LogP contribution < -0.4 is 10.5 Å². The molecule has 1 aromatic carbocycles. The Kier molecular flexibility index (Phi) is 5.33. The number of para-hydroxylation sites is 1. The summed E-state index contributed by atoms with van der Waals surface area (Å²) in [5.41, 5.74) is 7.19. The fourth-order valence-corrected chi connectivity index (χ4v) is 1.50. The fraction of sp³-hybridized carbons (Fsp3) is 0.571. The highest BCUT2D eigenvalue weighted by atomic mass is 16.5. The molecule has 0 heterocycles. The Balaban J connectivity index is 2.67. The van der Waals surface area contributed by atoms with Gasteiger partial charge < -0.3 is 10.5 Å². The van der Waals surface area contributed by atoms with Gasteiger partial charge in [0.2, 0.25) is 0 Å². The molecule has 0 fully saturated rings. The topological polar surface area (TPSA) is 35.2 Å². The van der Waals surface area contributed by atoms with Gasteiger partial charge in [-0.25, -0.2) is 0 Å². The second kappa shape index (κ2) is 6.54. The van der Waals surface area contributed by atoms with Crippen LogP contribution in [0.3, 0.4) is 0 Å². The molecule has 0 bridgehead atoms. The van der Waals surface area contributed by atoms with Gasteiger partial charge in [-0.05, 0) is 30.4 Å². The second-order valence-electron chi connectivity index (χ2n) is 4.69. The molecule has 1 atom stereocenters. The molecule has 2 N–H and O–H groups in total. The molecule has 0 spiro atoms. The van der Waals surface area contributed by atoms with Crippen LogP contribution in [0.25, 0.3) is 0 Å². The normalized spacial score (nSPS) is 12.8. The lowest BCUT2D eigenvalue weighted by molar-refractivity contribution is 0.268. The van der Waals surface area contributed by atoms with Gasteiger partial charge in [-0.2, -0.15) is 0 Å². The van der Waals surface area contributed by atoms with Gasteiger partial charge in [-0.1, -0.05) is 39.0 Å². The van der Waals surface area contributed by atoms with E-state index in [2.05, 4.69) is 26.8 Å². The number of hydrogen-bond donors (Lipinski definition) is 1. The van der Waals surface area contributed by atoms with Gasteiger partial charge >= 0.3 is 0 Å². The monoisotopic (exact) mass is 221 g/mol. The van der Waals surface area contributed by atoms with Crippen molar-refractivity contribution in [1.82, 2.24) is 0 Å². The number of hydrogen-bond acceptors (Lipinski definition) is 2. The van der Waals surface area contributed by atoms with E-state index in [1.807, 2.05) is 18.2 Å². The molecule has 0 aliphatic rings. The molecule has 1 rings (SSSR count). The maximum atomic E-state index is 5.97. The number of nitrogens with two attached hydrogens (primary N) is 1. The summed E-state index contributed by atoms with van der Waals surface area (Å²) in [6, 6.07) is 8.41. The minimum atomic E-state index is 0.226. The fourth-order valence-electron chi connectivity index (χ4n) is 1.50. The Bertz CT molecular complexity index is 309. The van der Waals surface area contributed by atoms with Crippen molar-refractivity contribution in [3.8, 4) is 5.75 Å². The van der Waals surface area contributed by atoms with Gasteiger partial charge in [-0.3, -0.25) is 0 Å². The molecule has 1 unspecified atom stereocenters. The third kappa shape index (κ3) is 4.23. The first-order valence-electron chi connectivity index (χ1n) is 6.09. The molecule has 0 saturated carbocycles. The zero-order valence-electron chi connectivity index (χ0n) is 10.6. The van der Waals surface area contributed by atoms with Crippen LogP contribution >= 0.6 is 0 Å². The van der Waals surface area contributed by atoms with E-state index in [1.165, 1.54) is 5.56 Å². The van der Waals surface area contributed by atoms with Crippen molar-refractivity contribution >= 4 is 0 Å². The van der Waals surface area contributed by atoms with Crippen molar-refractivity contribution < 1.29 is 4.74 Å². The molecule has 0 aliphatic carbocycles. The lowest BCUT2D eigenvalue weighted by atomic mass is 10.0. The van der Waals surface area contributed by atoms with Gasteiger partial charge in [0, 0.05) is 6.04 Å². The third-order valence-corrected chi connectivity index (χ3v) is 2.55. The number of ether oxygens (including phenoxy) is 1. The predicted octanol–water partition coefficient (Wildman–Crippen LogP) is 3.00. The first-order valence-corrected chi connectivity index (χ1v) is 6.09. The van der Waals surface area contributed by atoms with E-state index in [0.717, 1.165) is 25.2 Å². The summed E-state index contributed by atoms with van der Waals surface area (Å²) in [6.45, 7) is 7.18. The van der Waals surface area contributed by atoms with Crippen molar-refractivity contribution in [2.75, 3.05) is 6.61 Å². The van der Waals surface area contributed by atoms with E-state index in [-0.39, 0.29) is 6.04 Å². The SMILES string of the molecule is CCC(N)Cc1ccccc1OCC(C)C. The molecular weight excluding hydrogens is 198 g/mol. The Labute approximate surface area is 98.8 Å². The molecule has 0 saturated heterocycles. The third-order valence-electron chi connectivity index (χ3n) is 2.55. The summed E-state index contributed by atoms with van der Waals surface area (Å²) in [5.74, 6) is 1.54. The van der Waals surface area contributed by atoms with Crippen molar-refractivity contribution in [2.45, 2.75) is 39.7 Å². The average molecular weight is 221 g/mol. The standard InChI is InChI=1S/C14H23NO/c1-4-13(15)9-12-7-5-6-8-14(12)16-10-11(2)3/h5-8,11,13H,4,9-10,15H2,1-3H3. The summed E-state index contributed by atoms with van der Waals surface area (Å²) < 4.78 is 5.79. The van der Waals surface area contributed by atoms with Crippen molar-refractivity contribution in [3.05, 3.63) is 29.8 Å². The molecule has 2 heteroatoms. The Morgan fingerprint density at radius 3 is 2.56 bits per heavy atom. The molecule has 0 aliphatic heterocycles. The van der Waals surface area contributed by atoms with Crippen molar-refractivity contribution in [2.24, 2.45) is 11.7 Å². The highest BCUT2D eigenvalue weighted by Gasteiger charge is 2.07. The number of rotatable bonds is 6. The summed E-state index contributed by atoms with van der Waals surface area (Å²) in [6.07, 6.45) is 1.89. The lowest BCUT2D eigenvalue weighted by Gasteiger charge is -2.15. The van der Waals surface area contributed by atoms with E-state index in [1.54, 1.807) is 0 Å². The van der Waals surface area contributed by atoms with Gasteiger partial charge in [0.1, 0.15) is 5.75 Å². The molecule has 0 amide bonds. The van der Waals surface area contributed by atoms with Crippen LogP contribution in [0.1, 0.15) is 32.8 Å². The predicted molar refractivity (Wildman–Crippen MR) is 68.7 cm³/mol. The second-order valence-corrected chi connectivity index (χ2v) is 4.69. The molecule has 90 valence electrons. The maximum absolute atomic E-state index is 5.97. The average Bonchev–Trinajstić information content (AvgIpc) is 2.27. The van der Waals surface area contributed by atoms with Gasteiger partial charge in [0.25, 0.3) is 0 Å². The molecule has 16 heavy (non-hydrogen) atoms. The first-order chi connectivity index (χ1) is 7.63. The number of benzene rings is 1. The lowest BCUT2D eigenvalue weighted by Crippen LogP contribution is -2.21. The maximum Gasteiger partial charge on any atom is 0.122 e. The highest BCUT2D eigenvalue weighted by molar-refractivity contribution is 5.33. The molecule has 0 radical (unpaired) electrons. The van der Waals surface area contributed by atoms with Crippen molar-refractivity contribution in [3.63, 3.8) is 0 Å². The highest BCUT2D eigenvalue weighted by Crippen LogP contribution is 2.20. The van der Waals surface area contributed by atoms with Crippen LogP contribution in [0.4, 0.5) is 0 Å². The quantitative estimate of drug-likeness (QED) is 0.801. The Morgan fingerprint density at radius 2 is 1.94 bits per heavy atom. The van der Waals surface area contributed by atoms with Gasteiger partial charge in [-0.15, -0.1) is 0 Å². The molecule has 0 aromatic heterocycles. The van der Waals surface area contributed by atoms with E-state index in [4.69, 9.17) is 10.5 Å². The summed E-state index contributed by atoms with van der Waals surface area (Å²) in [7, 11) is 0. The van der Waals surface area contributed by atoms with E-state index >= 15 is 0 Å². The van der Waals surface area contributed by atoms with E-state index < -0.39 is 0 Å². The van der Waals surface area contributed by atoms with Crippen LogP contribution in [0.2, 0.25) is 0 Å². The van der Waals surface area contributed by atoms with Gasteiger partial charge in [0.05, 0.1) is 6.61 Å². The smallest absolute Gasteiger partial charge is 0.122 e. The van der Waals surface area contributed by atoms with Crippen LogP contribution in [0, 0.1) is 5.92 Å². The molecule has 1 aromatic rings. The minimum Gasteiger partial charge on any atom is -0.493 e. The van der Waals surface area contributed by atoms with Crippen LogP contribution in [0.15, 0.2) is 24.3 Å². The largest absolute Gasteiger partial charge is 0.493 e. The van der Waals surface area contributed by atoms with Gasteiger partial charge in [0.15, 0.2) is 0 Å². The Hall–Kier alpha value is -1.02. The van der Waals surface area contributed by atoms with Crippen LogP contribution in [-0.2, 0) is 6.42 Å². The summed E-state index contributed by atoms with van der Waals surface area (Å²) in [5, 5.41) is 0. The summed E-state index contributed by atoms with van der Waals surface area (Å²) in [4.78, 5) is 0. The Morgan fingerprint density at radius 1 is 1.25 bits per heavy atom. The zero-order chi connectivity index (χ0) is 12.0. The summed E-state index contributed by atoms with van der Waals surface area (Å²) >= 11 is 0. The van der Waals surface area contributed by atoms with E-state index in [9.17, 15) is 0 Å². The van der Waals surface area contributed by atoms with E-state index in [0.29, 0.717) is 5.92 Å². The van der Waals surface area contributed by atoms with Crippen molar-refractivity contribution in [1.29, 1.82) is 0 Å². The minimum absolute atomic E-state index is 0.226. The van der Waals surface area contributed by atoms with Crippen LogP contribution in [0.5, 0.6) is 5.75 Å². The first kappa shape index (κ1) is 13.0. The molecular formula is C14H23NO. The zero-order valence-corrected chi connectivity index (χ0v) is 10.6.